The summed E-state index contributed by atoms with van der Waals surface area (Å²) in [6, 6.07) is 8.06. The molecule has 14 heavy (non-hydrogen) atoms. The van der Waals surface area contributed by atoms with Gasteiger partial charge in [0.25, 0.3) is 0 Å². The van der Waals surface area contributed by atoms with E-state index >= 15 is 0 Å². The summed E-state index contributed by atoms with van der Waals surface area (Å²) in [5.41, 5.74) is 2.11. The van der Waals surface area contributed by atoms with Crippen molar-refractivity contribution in [2.75, 3.05) is 5.32 Å². The SMILES string of the molecule is CC12CC(=O)OC1Nc1ccccc12. The van der Waals surface area contributed by atoms with Crippen LogP contribution in [0.3, 0.4) is 0 Å². The lowest BCUT2D eigenvalue weighted by molar-refractivity contribution is -0.140. The second-order valence-corrected chi connectivity index (χ2v) is 4.15. The molecule has 3 nitrogen and oxygen atoms in total. The second-order valence-electron chi connectivity index (χ2n) is 4.15. The van der Waals surface area contributed by atoms with Gasteiger partial charge in [0.15, 0.2) is 6.23 Å². The molecule has 2 unspecified atom stereocenters. The molecule has 1 aromatic rings. The highest BCUT2D eigenvalue weighted by Crippen LogP contribution is 2.47. The second kappa shape index (κ2) is 2.29. The Kier molecular flexibility index (Phi) is 1.29. The van der Waals surface area contributed by atoms with Crippen molar-refractivity contribution < 1.29 is 9.53 Å². The van der Waals surface area contributed by atoms with Gasteiger partial charge in [0.2, 0.25) is 0 Å². The Bertz CT molecular complexity index is 416. The van der Waals surface area contributed by atoms with Crippen LogP contribution in [-0.4, -0.2) is 12.2 Å². The topological polar surface area (TPSA) is 38.3 Å². The van der Waals surface area contributed by atoms with E-state index in [4.69, 9.17) is 4.74 Å². The summed E-state index contributed by atoms with van der Waals surface area (Å²) < 4.78 is 5.22. The van der Waals surface area contributed by atoms with Crippen molar-refractivity contribution in [3.63, 3.8) is 0 Å². The van der Waals surface area contributed by atoms with Gasteiger partial charge in [-0.05, 0) is 18.6 Å². The zero-order valence-corrected chi connectivity index (χ0v) is 7.91. The van der Waals surface area contributed by atoms with E-state index in [1.54, 1.807) is 0 Å². The number of anilines is 1. The average Bonchev–Trinajstić information content (AvgIpc) is 2.55. The number of carbonyl (C=O) groups excluding carboxylic acids is 1. The zero-order chi connectivity index (χ0) is 9.76. The van der Waals surface area contributed by atoms with Gasteiger partial charge in [-0.1, -0.05) is 18.2 Å². The molecule has 0 saturated carbocycles. The molecule has 1 aromatic carbocycles. The number of esters is 1. The van der Waals surface area contributed by atoms with Gasteiger partial charge in [-0.15, -0.1) is 0 Å². The highest BCUT2D eigenvalue weighted by Gasteiger charge is 2.51. The molecule has 72 valence electrons. The molecule has 2 heterocycles. The zero-order valence-electron chi connectivity index (χ0n) is 7.91. The van der Waals surface area contributed by atoms with Crippen molar-refractivity contribution >= 4 is 11.7 Å². The molecule has 2 aliphatic rings. The lowest BCUT2D eigenvalue weighted by Crippen LogP contribution is -2.31. The van der Waals surface area contributed by atoms with Crippen LogP contribution in [0.4, 0.5) is 5.69 Å². The quantitative estimate of drug-likeness (QED) is 0.630. The van der Waals surface area contributed by atoms with Crippen molar-refractivity contribution in [3.05, 3.63) is 29.8 Å². The van der Waals surface area contributed by atoms with E-state index in [1.807, 2.05) is 18.2 Å². The molecule has 0 aromatic heterocycles. The fourth-order valence-electron chi connectivity index (χ4n) is 2.37. The lowest BCUT2D eigenvalue weighted by atomic mass is 9.82. The summed E-state index contributed by atoms with van der Waals surface area (Å²) in [5.74, 6) is -0.112. The molecule has 1 N–H and O–H groups in total. The minimum atomic E-state index is -0.174. The molecule has 2 aliphatic heterocycles. The molecular formula is C11H11NO2. The molecule has 0 aliphatic carbocycles. The van der Waals surface area contributed by atoms with Gasteiger partial charge < -0.3 is 10.1 Å². The van der Waals surface area contributed by atoms with Crippen molar-refractivity contribution in [1.82, 2.24) is 0 Å². The first kappa shape index (κ1) is 7.85. The minimum Gasteiger partial charge on any atom is -0.441 e. The molecule has 0 spiro atoms. The number of hydrogen-bond donors (Lipinski definition) is 1. The molecule has 3 heteroatoms. The fraction of sp³-hybridized carbons (Fsp3) is 0.364. The molecule has 0 radical (unpaired) electrons. The van der Waals surface area contributed by atoms with Crippen LogP contribution in [0.1, 0.15) is 18.9 Å². The maximum absolute atomic E-state index is 11.2. The molecule has 3 rings (SSSR count). The Balaban J connectivity index is 2.15. The summed E-state index contributed by atoms with van der Waals surface area (Å²) in [6.45, 7) is 2.07. The summed E-state index contributed by atoms with van der Waals surface area (Å²) in [5, 5.41) is 3.22. The van der Waals surface area contributed by atoms with E-state index in [1.165, 1.54) is 5.56 Å². The van der Waals surface area contributed by atoms with Crippen LogP contribution in [0.15, 0.2) is 24.3 Å². The Morgan fingerprint density at radius 2 is 2.29 bits per heavy atom. The summed E-state index contributed by atoms with van der Waals surface area (Å²) in [4.78, 5) is 11.2. The van der Waals surface area contributed by atoms with Crippen molar-refractivity contribution in [2.45, 2.75) is 25.0 Å². The van der Waals surface area contributed by atoms with Crippen LogP contribution in [-0.2, 0) is 14.9 Å². The van der Waals surface area contributed by atoms with E-state index in [9.17, 15) is 4.79 Å². The van der Waals surface area contributed by atoms with Gasteiger partial charge >= 0.3 is 5.97 Å². The number of fused-ring (bicyclic) bond motifs is 3. The monoisotopic (exact) mass is 189 g/mol. The smallest absolute Gasteiger partial charge is 0.308 e. The predicted molar refractivity (Wildman–Crippen MR) is 51.9 cm³/mol. The molecule has 2 atom stereocenters. The first-order chi connectivity index (χ1) is 6.70. The maximum atomic E-state index is 11.2. The fourth-order valence-corrected chi connectivity index (χ4v) is 2.37. The third-order valence-electron chi connectivity index (χ3n) is 3.17. The highest BCUT2D eigenvalue weighted by atomic mass is 16.6. The van der Waals surface area contributed by atoms with Crippen LogP contribution in [0.5, 0.6) is 0 Å². The van der Waals surface area contributed by atoms with Crippen LogP contribution < -0.4 is 5.32 Å². The Hall–Kier alpha value is -1.51. The van der Waals surface area contributed by atoms with E-state index in [2.05, 4.69) is 18.3 Å². The summed E-state index contributed by atoms with van der Waals surface area (Å²) in [6.07, 6.45) is 0.300. The number of para-hydroxylation sites is 1. The van der Waals surface area contributed by atoms with E-state index in [0.29, 0.717) is 6.42 Å². The van der Waals surface area contributed by atoms with Crippen LogP contribution >= 0.6 is 0 Å². The van der Waals surface area contributed by atoms with E-state index in [0.717, 1.165) is 5.69 Å². The lowest BCUT2D eigenvalue weighted by Gasteiger charge is -2.19. The van der Waals surface area contributed by atoms with Gasteiger partial charge in [0.1, 0.15) is 0 Å². The maximum Gasteiger partial charge on any atom is 0.308 e. The molecule has 0 amide bonds. The van der Waals surface area contributed by atoms with Gasteiger partial charge in [0.05, 0.1) is 11.8 Å². The average molecular weight is 189 g/mol. The Morgan fingerprint density at radius 1 is 1.50 bits per heavy atom. The first-order valence-corrected chi connectivity index (χ1v) is 4.76. The molecule has 1 saturated heterocycles. The van der Waals surface area contributed by atoms with E-state index in [-0.39, 0.29) is 17.6 Å². The number of rotatable bonds is 0. The van der Waals surface area contributed by atoms with Gasteiger partial charge in [-0.25, -0.2) is 0 Å². The third kappa shape index (κ3) is 0.794. The van der Waals surface area contributed by atoms with Gasteiger partial charge in [0, 0.05) is 5.69 Å². The minimum absolute atomic E-state index is 0.112. The van der Waals surface area contributed by atoms with Crippen LogP contribution in [0, 0.1) is 0 Å². The van der Waals surface area contributed by atoms with Crippen molar-refractivity contribution in [3.8, 4) is 0 Å². The van der Waals surface area contributed by atoms with Gasteiger partial charge in [-0.2, -0.15) is 0 Å². The van der Waals surface area contributed by atoms with Gasteiger partial charge in [-0.3, -0.25) is 4.79 Å². The number of ether oxygens (including phenoxy) is 1. The number of nitrogens with one attached hydrogen (secondary N) is 1. The molecule has 1 fully saturated rings. The normalized spacial score (nSPS) is 33.2. The number of benzene rings is 1. The number of hydrogen-bond acceptors (Lipinski definition) is 3. The van der Waals surface area contributed by atoms with E-state index < -0.39 is 0 Å². The molecule has 0 bridgehead atoms. The van der Waals surface area contributed by atoms with Crippen LogP contribution in [0.25, 0.3) is 0 Å². The largest absolute Gasteiger partial charge is 0.441 e. The molecular weight excluding hydrogens is 178 g/mol. The number of carbonyl (C=O) groups is 1. The highest BCUT2D eigenvalue weighted by molar-refractivity contribution is 5.79. The third-order valence-corrected chi connectivity index (χ3v) is 3.17. The van der Waals surface area contributed by atoms with Crippen molar-refractivity contribution in [2.24, 2.45) is 0 Å². The van der Waals surface area contributed by atoms with Crippen molar-refractivity contribution in [1.29, 1.82) is 0 Å². The first-order valence-electron chi connectivity index (χ1n) is 4.76. The Labute approximate surface area is 82.1 Å². The Morgan fingerprint density at radius 3 is 3.14 bits per heavy atom. The standard InChI is InChI=1S/C11H11NO2/c1-11-6-9(13)14-10(11)12-8-5-3-2-4-7(8)11/h2-5,10,12H,6H2,1H3. The van der Waals surface area contributed by atoms with Crippen LogP contribution in [0.2, 0.25) is 0 Å². The predicted octanol–water partition coefficient (Wildman–Crippen LogP) is 1.64. The summed E-state index contributed by atoms with van der Waals surface area (Å²) in [7, 11) is 0. The summed E-state index contributed by atoms with van der Waals surface area (Å²) >= 11 is 0.